The Balaban J connectivity index is 1.69. The van der Waals surface area contributed by atoms with E-state index in [4.69, 9.17) is 9.26 Å². The topological polar surface area (TPSA) is 125 Å². The Bertz CT molecular complexity index is 1030. The van der Waals surface area contributed by atoms with E-state index in [0.29, 0.717) is 11.3 Å². The van der Waals surface area contributed by atoms with Crippen molar-refractivity contribution in [3.8, 4) is 11.3 Å². The van der Waals surface area contributed by atoms with Crippen LogP contribution in [0.3, 0.4) is 0 Å². The molecular weight excluding hydrogens is 366 g/mol. The molecule has 0 fully saturated rings. The number of nitro benzene ring substituents is 1. The second kappa shape index (κ2) is 8.12. The molecule has 3 rings (SSSR count). The largest absolute Gasteiger partial charge is 0.452 e. The molecule has 0 atom stereocenters. The van der Waals surface area contributed by atoms with E-state index < -0.39 is 23.4 Å². The normalized spacial score (nSPS) is 10.3. The van der Waals surface area contributed by atoms with Crippen molar-refractivity contribution in [3.05, 3.63) is 76.0 Å². The second-order valence-electron chi connectivity index (χ2n) is 5.73. The van der Waals surface area contributed by atoms with Gasteiger partial charge in [0.25, 0.3) is 11.6 Å². The minimum Gasteiger partial charge on any atom is -0.452 e. The lowest BCUT2D eigenvalue weighted by Gasteiger charge is -2.07. The van der Waals surface area contributed by atoms with Gasteiger partial charge in [0.15, 0.2) is 6.61 Å². The number of rotatable bonds is 6. The average Bonchev–Trinajstić information content (AvgIpc) is 3.08. The first-order valence-electron chi connectivity index (χ1n) is 8.19. The minimum atomic E-state index is -0.782. The van der Waals surface area contributed by atoms with Gasteiger partial charge in [-0.3, -0.25) is 14.9 Å². The summed E-state index contributed by atoms with van der Waals surface area (Å²) in [6.45, 7) is 0.938. The van der Waals surface area contributed by atoms with Gasteiger partial charge in [-0.15, -0.1) is 0 Å². The van der Waals surface area contributed by atoms with E-state index >= 15 is 0 Å². The standard InChI is InChI=1S/C19H15N3O6/c1-12-17(18(21-28-12)13-7-3-2-4-8-13)19(24)27-11-16(23)20-14-9-5-6-10-15(14)22(25)26/h2-10H,11H2,1H3,(H,20,23). The number of hydrogen-bond donors (Lipinski definition) is 1. The molecule has 0 unspecified atom stereocenters. The van der Waals surface area contributed by atoms with Crippen LogP contribution < -0.4 is 5.32 Å². The number of aromatic nitrogens is 1. The fourth-order valence-corrected chi connectivity index (χ4v) is 2.53. The van der Waals surface area contributed by atoms with Crippen LogP contribution in [0.15, 0.2) is 59.1 Å². The predicted molar refractivity (Wildman–Crippen MR) is 98.7 cm³/mol. The fourth-order valence-electron chi connectivity index (χ4n) is 2.53. The number of aryl methyl sites for hydroxylation is 1. The number of para-hydroxylation sites is 2. The van der Waals surface area contributed by atoms with Crippen molar-refractivity contribution in [1.29, 1.82) is 0 Å². The van der Waals surface area contributed by atoms with Crippen molar-refractivity contribution >= 4 is 23.3 Å². The molecule has 0 saturated carbocycles. The summed E-state index contributed by atoms with van der Waals surface area (Å²) in [5.74, 6) is -1.24. The lowest BCUT2D eigenvalue weighted by Crippen LogP contribution is -2.21. The Morgan fingerprint density at radius 3 is 2.54 bits per heavy atom. The number of carbonyl (C=O) groups is 2. The highest BCUT2D eigenvalue weighted by Gasteiger charge is 2.24. The molecule has 3 aromatic rings. The first kappa shape index (κ1) is 18.8. The SMILES string of the molecule is Cc1onc(-c2ccccc2)c1C(=O)OCC(=O)Nc1ccccc1[N+](=O)[O-]. The number of hydrogen-bond acceptors (Lipinski definition) is 7. The number of carbonyl (C=O) groups excluding carboxylic acids is 2. The molecule has 1 amide bonds. The molecule has 0 spiro atoms. The Labute approximate surface area is 159 Å². The van der Waals surface area contributed by atoms with Crippen LogP contribution in [-0.4, -0.2) is 28.6 Å². The van der Waals surface area contributed by atoms with E-state index in [1.54, 1.807) is 37.3 Å². The summed E-state index contributed by atoms with van der Waals surface area (Å²) in [6.07, 6.45) is 0. The Hall–Kier alpha value is -4.01. The van der Waals surface area contributed by atoms with Crippen LogP contribution in [-0.2, 0) is 9.53 Å². The molecule has 2 aromatic carbocycles. The monoisotopic (exact) mass is 381 g/mol. The van der Waals surface area contributed by atoms with Crippen molar-refractivity contribution in [2.45, 2.75) is 6.92 Å². The molecule has 1 heterocycles. The first-order chi connectivity index (χ1) is 13.5. The van der Waals surface area contributed by atoms with Crippen molar-refractivity contribution in [2.24, 2.45) is 0 Å². The summed E-state index contributed by atoms with van der Waals surface area (Å²) in [7, 11) is 0. The molecule has 0 saturated heterocycles. The molecule has 0 radical (unpaired) electrons. The van der Waals surface area contributed by atoms with Crippen LogP contribution in [0.1, 0.15) is 16.1 Å². The minimum absolute atomic E-state index is 0.0136. The van der Waals surface area contributed by atoms with Crippen LogP contribution in [0, 0.1) is 17.0 Å². The number of nitro groups is 1. The van der Waals surface area contributed by atoms with Gasteiger partial charge >= 0.3 is 5.97 Å². The average molecular weight is 381 g/mol. The van der Waals surface area contributed by atoms with E-state index in [2.05, 4.69) is 10.5 Å². The number of nitrogens with zero attached hydrogens (tertiary/aromatic N) is 2. The first-order valence-corrected chi connectivity index (χ1v) is 8.19. The molecule has 0 bridgehead atoms. The summed E-state index contributed by atoms with van der Waals surface area (Å²) in [5, 5.41) is 17.2. The van der Waals surface area contributed by atoms with Crippen LogP contribution in [0.25, 0.3) is 11.3 Å². The van der Waals surface area contributed by atoms with Gasteiger partial charge in [0.05, 0.1) is 4.92 Å². The van der Waals surface area contributed by atoms with Gasteiger partial charge in [0, 0.05) is 11.6 Å². The maximum atomic E-state index is 12.4. The highest BCUT2D eigenvalue weighted by atomic mass is 16.6. The number of anilines is 1. The van der Waals surface area contributed by atoms with E-state index in [1.807, 2.05) is 6.07 Å². The number of esters is 1. The number of benzene rings is 2. The van der Waals surface area contributed by atoms with Crippen LogP contribution in [0.2, 0.25) is 0 Å². The summed E-state index contributed by atoms with van der Waals surface area (Å²) in [6, 6.07) is 14.6. The molecule has 0 aliphatic rings. The highest BCUT2D eigenvalue weighted by Crippen LogP contribution is 2.26. The quantitative estimate of drug-likeness (QED) is 0.394. The predicted octanol–water partition coefficient (Wildman–Crippen LogP) is 3.35. The molecular formula is C19H15N3O6. The van der Waals surface area contributed by atoms with Crippen molar-refractivity contribution < 1.29 is 23.8 Å². The highest BCUT2D eigenvalue weighted by molar-refractivity contribution is 6.00. The smallest absolute Gasteiger partial charge is 0.344 e. The molecule has 1 aromatic heterocycles. The van der Waals surface area contributed by atoms with E-state index in [9.17, 15) is 19.7 Å². The van der Waals surface area contributed by atoms with Gasteiger partial charge in [-0.2, -0.15) is 0 Å². The second-order valence-corrected chi connectivity index (χ2v) is 5.73. The van der Waals surface area contributed by atoms with Crippen molar-refractivity contribution in [3.63, 3.8) is 0 Å². The van der Waals surface area contributed by atoms with Gasteiger partial charge in [-0.25, -0.2) is 4.79 Å². The molecule has 0 aliphatic carbocycles. The maximum absolute atomic E-state index is 12.4. The van der Waals surface area contributed by atoms with Crippen LogP contribution in [0.4, 0.5) is 11.4 Å². The van der Waals surface area contributed by atoms with E-state index in [-0.39, 0.29) is 22.7 Å². The van der Waals surface area contributed by atoms with E-state index in [0.717, 1.165) is 0 Å². The zero-order chi connectivity index (χ0) is 20.1. The molecule has 9 heteroatoms. The Kier molecular flexibility index (Phi) is 5.45. The molecule has 142 valence electrons. The summed E-state index contributed by atoms with van der Waals surface area (Å²) in [4.78, 5) is 34.9. The molecule has 28 heavy (non-hydrogen) atoms. The summed E-state index contributed by atoms with van der Waals surface area (Å²) < 4.78 is 10.1. The molecule has 1 N–H and O–H groups in total. The number of amides is 1. The zero-order valence-electron chi connectivity index (χ0n) is 14.7. The molecule has 9 nitrogen and oxygen atoms in total. The fraction of sp³-hybridized carbons (Fsp3) is 0.105. The summed E-state index contributed by atoms with van der Waals surface area (Å²) in [5.41, 5.74) is 0.839. The lowest BCUT2D eigenvalue weighted by molar-refractivity contribution is -0.383. The zero-order valence-corrected chi connectivity index (χ0v) is 14.7. The van der Waals surface area contributed by atoms with E-state index in [1.165, 1.54) is 18.2 Å². The van der Waals surface area contributed by atoms with Gasteiger partial charge in [0.1, 0.15) is 22.7 Å². The lowest BCUT2D eigenvalue weighted by atomic mass is 10.1. The summed E-state index contributed by atoms with van der Waals surface area (Å²) >= 11 is 0. The van der Waals surface area contributed by atoms with Gasteiger partial charge in [0.2, 0.25) is 0 Å². The number of ether oxygens (including phenoxy) is 1. The van der Waals surface area contributed by atoms with Gasteiger partial charge < -0.3 is 14.6 Å². The number of nitrogens with one attached hydrogen (secondary N) is 1. The van der Waals surface area contributed by atoms with Gasteiger partial charge in [-0.05, 0) is 13.0 Å². The van der Waals surface area contributed by atoms with Crippen molar-refractivity contribution in [1.82, 2.24) is 5.16 Å². The Morgan fingerprint density at radius 1 is 1.14 bits per heavy atom. The van der Waals surface area contributed by atoms with Crippen molar-refractivity contribution in [2.75, 3.05) is 11.9 Å². The Morgan fingerprint density at radius 2 is 1.82 bits per heavy atom. The van der Waals surface area contributed by atoms with Crippen LogP contribution >= 0.6 is 0 Å². The third-order valence-corrected chi connectivity index (χ3v) is 3.82. The third kappa shape index (κ3) is 4.04. The maximum Gasteiger partial charge on any atom is 0.344 e. The van der Waals surface area contributed by atoms with Crippen LogP contribution in [0.5, 0.6) is 0 Å². The molecule has 0 aliphatic heterocycles. The third-order valence-electron chi connectivity index (χ3n) is 3.82. The van der Waals surface area contributed by atoms with Gasteiger partial charge in [-0.1, -0.05) is 47.6 Å².